The molecule has 2 N–H and O–H groups in total. The van der Waals surface area contributed by atoms with Crippen LogP contribution in [-0.4, -0.2) is 22.3 Å². The van der Waals surface area contributed by atoms with Crippen molar-refractivity contribution in [2.45, 2.75) is 0 Å². The Bertz CT molecular complexity index is 156. The quantitative estimate of drug-likeness (QED) is 0.195. The van der Waals surface area contributed by atoms with Gasteiger partial charge in [-0.15, -0.1) is 0 Å². The van der Waals surface area contributed by atoms with Gasteiger partial charge in [-0.25, -0.2) is 5.26 Å². The second kappa shape index (κ2) is 5.26. The molecule has 1 atom stereocenters. The monoisotopic (exact) mass is 178 g/mol. The van der Waals surface area contributed by atoms with Gasteiger partial charge in [-0.2, -0.15) is 4.67 Å². The maximum Gasteiger partial charge on any atom is 1.00 e. The van der Waals surface area contributed by atoms with Gasteiger partial charge in [-0.3, -0.25) is 4.57 Å². The Labute approximate surface area is 78.6 Å². The summed E-state index contributed by atoms with van der Waals surface area (Å²) in [5.74, 6) is -1.75. The van der Waals surface area contributed by atoms with Gasteiger partial charge in [0.2, 0.25) is 0 Å². The van der Waals surface area contributed by atoms with Gasteiger partial charge in [-0.05, 0) is 0 Å². The van der Waals surface area contributed by atoms with Crippen LogP contribution in [0.2, 0.25) is 0 Å². The molecule has 0 aromatic heterocycles. The molecule has 0 aromatic rings. The first-order valence-electron chi connectivity index (χ1n) is 1.83. The molecule has 10 heavy (non-hydrogen) atoms. The van der Waals surface area contributed by atoms with Crippen LogP contribution in [0.15, 0.2) is 0 Å². The van der Waals surface area contributed by atoms with Crippen LogP contribution in [0.4, 0.5) is 0 Å². The molecule has 0 aliphatic rings. The number of carboxylic acid groups (broad SMARTS) is 1. The Hall–Kier alpha value is 0.580. The van der Waals surface area contributed by atoms with Crippen molar-refractivity contribution < 1.29 is 58.8 Å². The van der Waals surface area contributed by atoms with Crippen LogP contribution >= 0.6 is 7.60 Å². The minimum absolute atomic E-state index is 0. The Morgan fingerprint density at radius 2 is 2.10 bits per heavy atom. The third kappa shape index (κ3) is 6.70. The topological polar surface area (TPSA) is 107 Å². The number of aliphatic carboxylic acids is 1. The van der Waals surface area contributed by atoms with E-state index in [0.29, 0.717) is 0 Å². The summed E-state index contributed by atoms with van der Waals surface area (Å²) in [6.07, 6.45) is -1.20. The van der Waals surface area contributed by atoms with Crippen LogP contribution in [0.25, 0.3) is 0 Å². The number of carbonyl (C=O) groups is 1. The maximum atomic E-state index is 10.1. The minimum atomic E-state index is -4.34. The summed E-state index contributed by atoms with van der Waals surface area (Å²) in [7, 11) is -4.34. The molecular formula is C2H4NaO6P. The van der Waals surface area contributed by atoms with Crippen molar-refractivity contribution in [2.24, 2.45) is 0 Å². The number of rotatable bonds is 3. The van der Waals surface area contributed by atoms with Gasteiger partial charge in [0.05, 0.1) is 12.1 Å². The first kappa shape index (κ1) is 13.2. The predicted octanol–water partition coefficient (Wildman–Crippen LogP) is -4.58. The van der Waals surface area contributed by atoms with Gasteiger partial charge in [0.25, 0.3) is 0 Å². The van der Waals surface area contributed by atoms with Gasteiger partial charge in [-0.1, -0.05) is 0 Å². The third-order valence-corrected chi connectivity index (χ3v) is 1.37. The largest absolute Gasteiger partial charge is 1.00 e. The van der Waals surface area contributed by atoms with Gasteiger partial charge < -0.3 is 14.8 Å². The summed E-state index contributed by atoms with van der Waals surface area (Å²) in [5, 5.41) is 17.1. The molecule has 0 amide bonds. The Morgan fingerprint density at radius 3 is 2.20 bits per heavy atom. The SMILES string of the molecule is O=C([O-])CP(=O)(O)OO.[Na+]. The Balaban J connectivity index is 0. The number of carboxylic acids is 1. The summed E-state index contributed by atoms with van der Waals surface area (Å²) in [5.41, 5.74) is 0. The van der Waals surface area contributed by atoms with Crippen LogP contribution in [0, 0.1) is 0 Å². The zero-order valence-corrected chi connectivity index (χ0v) is 8.08. The van der Waals surface area contributed by atoms with Crippen molar-refractivity contribution in [1.82, 2.24) is 0 Å². The van der Waals surface area contributed by atoms with Crippen molar-refractivity contribution in [3.63, 3.8) is 0 Å². The molecular weight excluding hydrogens is 174 g/mol. The van der Waals surface area contributed by atoms with E-state index in [1.54, 1.807) is 0 Å². The van der Waals surface area contributed by atoms with Crippen molar-refractivity contribution in [3.05, 3.63) is 0 Å². The van der Waals surface area contributed by atoms with Crippen LogP contribution in [0.1, 0.15) is 0 Å². The summed E-state index contributed by atoms with van der Waals surface area (Å²) in [6.45, 7) is 0. The van der Waals surface area contributed by atoms with Crippen molar-refractivity contribution in [1.29, 1.82) is 0 Å². The first-order chi connectivity index (χ1) is 3.98. The van der Waals surface area contributed by atoms with Crippen molar-refractivity contribution >= 4 is 13.6 Å². The molecule has 0 saturated carbocycles. The second-order valence-electron chi connectivity index (χ2n) is 1.25. The summed E-state index contributed by atoms with van der Waals surface area (Å²) in [4.78, 5) is 17.7. The average molecular weight is 178 g/mol. The molecule has 0 aromatic carbocycles. The summed E-state index contributed by atoms with van der Waals surface area (Å²) < 4.78 is 13.0. The van der Waals surface area contributed by atoms with E-state index in [9.17, 15) is 14.5 Å². The normalized spacial score (nSPS) is 15.0. The van der Waals surface area contributed by atoms with E-state index in [2.05, 4.69) is 4.67 Å². The van der Waals surface area contributed by atoms with Gasteiger partial charge in [0, 0.05) is 0 Å². The van der Waals surface area contributed by atoms with Crippen molar-refractivity contribution in [3.8, 4) is 0 Å². The molecule has 1 unspecified atom stereocenters. The van der Waals surface area contributed by atoms with E-state index in [4.69, 9.17) is 10.2 Å². The number of hydrogen-bond acceptors (Lipinski definition) is 5. The zero-order chi connectivity index (χ0) is 7.49. The number of carbonyl (C=O) groups excluding carboxylic acids is 1. The van der Waals surface area contributed by atoms with Gasteiger partial charge in [0.1, 0.15) is 0 Å². The Kier molecular flexibility index (Phi) is 6.94. The van der Waals surface area contributed by atoms with E-state index < -0.39 is 19.7 Å². The van der Waals surface area contributed by atoms with E-state index >= 15 is 0 Å². The predicted molar refractivity (Wildman–Crippen MR) is 23.4 cm³/mol. The van der Waals surface area contributed by atoms with E-state index in [1.807, 2.05) is 0 Å². The van der Waals surface area contributed by atoms with Gasteiger partial charge >= 0.3 is 37.2 Å². The Morgan fingerprint density at radius 1 is 1.70 bits per heavy atom. The fourth-order valence-electron chi connectivity index (χ4n) is 0.192. The van der Waals surface area contributed by atoms with Crippen LogP contribution < -0.4 is 34.7 Å². The first-order valence-corrected chi connectivity index (χ1v) is 3.59. The standard InChI is InChI=1S/C2H5O6P.Na/c3-2(4)1-9(6,7)8-5;/h5H,1H2,(H,3,4)(H,6,7);/q;+1/p-1. The van der Waals surface area contributed by atoms with E-state index in [0.717, 1.165) is 0 Å². The molecule has 0 aliphatic heterocycles. The van der Waals surface area contributed by atoms with Crippen LogP contribution in [0.3, 0.4) is 0 Å². The fourth-order valence-corrected chi connectivity index (χ4v) is 0.576. The molecule has 8 heteroatoms. The van der Waals surface area contributed by atoms with Gasteiger partial charge in [0.15, 0.2) is 0 Å². The van der Waals surface area contributed by atoms with E-state index in [-0.39, 0.29) is 29.6 Å². The minimum Gasteiger partial charge on any atom is -0.549 e. The molecule has 6 nitrogen and oxygen atoms in total. The molecule has 0 rings (SSSR count). The molecule has 0 radical (unpaired) electrons. The third-order valence-electron chi connectivity index (χ3n) is 0.456. The zero-order valence-electron chi connectivity index (χ0n) is 5.18. The summed E-state index contributed by atoms with van der Waals surface area (Å²) in [6, 6.07) is 0. The van der Waals surface area contributed by atoms with Crippen LogP contribution in [0.5, 0.6) is 0 Å². The molecule has 0 spiro atoms. The molecule has 54 valence electrons. The smallest absolute Gasteiger partial charge is 0.549 e. The van der Waals surface area contributed by atoms with E-state index in [1.165, 1.54) is 0 Å². The molecule has 0 heterocycles. The summed E-state index contributed by atoms with van der Waals surface area (Å²) >= 11 is 0. The molecule has 0 saturated heterocycles. The fraction of sp³-hybridized carbons (Fsp3) is 0.500. The van der Waals surface area contributed by atoms with Crippen LogP contribution in [-0.2, 0) is 14.0 Å². The molecule has 0 fully saturated rings. The maximum absolute atomic E-state index is 10.1. The van der Waals surface area contributed by atoms with Crippen molar-refractivity contribution in [2.75, 3.05) is 6.16 Å². The second-order valence-corrected chi connectivity index (χ2v) is 3.00. The average Bonchev–Trinajstić information content (AvgIpc) is 1.63. The molecule has 0 bridgehead atoms. The number of hydrogen-bond donors (Lipinski definition) is 2. The molecule has 0 aliphatic carbocycles.